The first-order valence-corrected chi connectivity index (χ1v) is 8.00. The number of fused-ring (bicyclic) bond motifs is 1. The monoisotopic (exact) mass is 309 g/mol. The predicted octanol–water partition coefficient (Wildman–Crippen LogP) is 2.91. The van der Waals surface area contributed by atoms with Gasteiger partial charge in [-0.1, -0.05) is 11.6 Å². The minimum Gasteiger partial charge on any atom is -0.349 e. The molecule has 3 rings (SSSR count). The molecule has 0 radical (unpaired) electrons. The van der Waals surface area contributed by atoms with Crippen molar-refractivity contribution < 1.29 is 4.79 Å². The first-order chi connectivity index (χ1) is 9.74. The number of hydrogen-bond donors (Lipinski definition) is 1. The fourth-order valence-electron chi connectivity index (χ4n) is 2.55. The van der Waals surface area contributed by atoms with Gasteiger partial charge in [0.2, 0.25) is 0 Å². The Morgan fingerprint density at radius 3 is 3.05 bits per heavy atom. The molecule has 20 heavy (non-hydrogen) atoms. The summed E-state index contributed by atoms with van der Waals surface area (Å²) in [6.07, 6.45) is 6.70. The van der Waals surface area contributed by atoms with E-state index >= 15 is 0 Å². The number of nitrogens with one attached hydrogen (secondary N) is 1. The lowest BCUT2D eigenvalue weighted by atomic mass is 9.98. The smallest absolute Gasteiger partial charge is 0.261 e. The molecule has 2 heterocycles. The van der Waals surface area contributed by atoms with Crippen LogP contribution in [0.2, 0.25) is 4.34 Å². The highest BCUT2D eigenvalue weighted by Gasteiger charge is 2.15. The van der Waals surface area contributed by atoms with Gasteiger partial charge in [0, 0.05) is 12.2 Å². The summed E-state index contributed by atoms with van der Waals surface area (Å²) < 4.78 is 2.66. The van der Waals surface area contributed by atoms with Gasteiger partial charge in [0.25, 0.3) is 5.91 Å². The van der Waals surface area contributed by atoms with Crippen molar-refractivity contribution in [3.8, 4) is 0 Å². The summed E-state index contributed by atoms with van der Waals surface area (Å²) >= 11 is 7.12. The molecule has 1 aliphatic carbocycles. The van der Waals surface area contributed by atoms with Crippen LogP contribution in [-0.2, 0) is 19.4 Å². The molecule has 0 aromatic carbocycles. The zero-order chi connectivity index (χ0) is 13.9. The first-order valence-electron chi connectivity index (χ1n) is 6.81. The van der Waals surface area contributed by atoms with Gasteiger partial charge in [0.15, 0.2) is 0 Å². The van der Waals surface area contributed by atoms with Gasteiger partial charge in [-0.15, -0.1) is 11.3 Å². The lowest BCUT2D eigenvalue weighted by molar-refractivity contribution is 0.0956. The van der Waals surface area contributed by atoms with E-state index in [0.29, 0.717) is 15.8 Å². The summed E-state index contributed by atoms with van der Waals surface area (Å²) in [5, 5.41) is 7.33. The molecule has 0 fully saturated rings. The molecule has 106 valence electrons. The Morgan fingerprint density at radius 2 is 2.25 bits per heavy atom. The van der Waals surface area contributed by atoms with Crippen LogP contribution in [0, 0.1) is 0 Å². The molecule has 6 heteroatoms. The molecule has 0 aliphatic heterocycles. The molecular formula is C14H16ClN3OS. The van der Waals surface area contributed by atoms with Gasteiger partial charge >= 0.3 is 0 Å². The topological polar surface area (TPSA) is 46.9 Å². The molecule has 1 aliphatic rings. The molecule has 4 nitrogen and oxygen atoms in total. The number of aromatic nitrogens is 2. The van der Waals surface area contributed by atoms with Gasteiger partial charge in [0.1, 0.15) is 0 Å². The van der Waals surface area contributed by atoms with Crippen molar-refractivity contribution in [2.45, 2.75) is 32.2 Å². The maximum Gasteiger partial charge on any atom is 0.261 e. The summed E-state index contributed by atoms with van der Waals surface area (Å²) in [5.41, 5.74) is 2.71. The van der Waals surface area contributed by atoms with Crippen molar-refractivity contribution in [2.75, 3.05) is 6.54 Å². The van der Waals surface area contributed by atoms with Crippen LogP contribution >= 0.6 is 22.9 Å². The van der Waals surface area contributed by atoms with Crippen LogP contribution < -0.4 is 5.32 Å². The van der Waals surface area contributed by atoms with Gasteiger partial charge in [-0.2, -0.15) is 5.10 Å². The fraction of sp³-hybridized carbons (Fsp3) is 0.429. The molecule has 2 aromatic rings. The third-order valence-electron chi connectivity index (χ3n) is 3.55. The lowest BCUT2D eigenvalue weighted by Crippen LogP contribution is -2.27. The van der Waals surface area contributed by atoms with E-state index in [-0.39, 0.29) is 5.91 Å². The van der Waals surface area contributed by atoms with Crippen LogP contribution in [0.5, 0.6) is 0 Å². The first kappa shape index (κ1) is 13.6. The van der Waals surface area contributed by atoms with Gasteiger partial charge in [-0.05, 0) is 43.4 Å². The average molecular weight is 310 g/mol. The highest BCUT2D eigenvalue weighted by atomic mass is 35.5. The number of nitrogens with zero attached hydrogens (tertiary/aromatic N) is 2. The third-order valence-corrected chi connectivity index (χ3v) is 4.78. The number of carbonyl (C=O) groups excluding carboxylic acids is 1. The van der Waals surface area contributed by atoms with E-state index in [1.807, 2.05) is 10.9 Å². The van der Waals surface area contributed by atoms with E-state index in [4.69, 9.17) is 11.6 Å². The molecule has 0 saturated carbocycles. The van der Waals surface area contributed by atoms with Crippen molar-refractivity contribution in [2.24, 2.45) is 0 Å². The Hall–Kier alpha value is -1.33. The summed E-state index contributed by atoms with van der Waals surface area (Å²) in [5.74, 6) is -0.0667. The van der Waals surface area contributed by atoms with Crippen LogP contribution in [0.1, 0.15) is 33.8 Å². The molecular weight excluding hydrogens is 294 g/mol. The average Bonchev–Trinajstić information content (AvgIpc) is 3.06. The predicted molar refractivity (Wildman–Crippen MR) is 80.5 cm³/mol. The molecule has 0 unspecified atom stereocenters. The van der Waals surface area contributed by atoms with E-state index in [0.717, 1.165) is 19.4 Å². The van der Waals surface area contributed by atoms with Crippen molar-refractivity contribution in [1.29, 1.82) is 0 Å². The van der Waals surface area contributed by atoms with Crippen molar-refractivity contribution in [1.82, 2.24) is 15.1 Å². The Morgan fingerprint density at radius 1 is 1.40 bits per heavy atom. The van der Waals surface area contributed by atoms with E-state index in [9.17, 15) is 4.79 Å². The second-order valence-corrected chi connectivity index (χ2v) is 6.62. The summed E-state index contributed by atoms with van der Waals surface area (Å²) in [7, 11) is 0. The fourth-order valence-corrected chi connectivity index (χ4v) is 3.51. The molecule has 0 saturated heterocycles. The third kappa shape index (κ3) is 2.88. The zero-order valence-corrected chi connectivity index (χ0v) is 12.6. The van der Waals surface area contributed by atoms with Crippen LogP contribution in [0.15, 0.2) is 18.3 Å². The number of thiophene rings is 1. The highest BCUT2D eigenvalue weighted by Crippen LogP contribution is 2.21. The van der Waals surface area contributed by atoms with Gasteiger partial charge in [-0.25, -0.2) is 0 Å². The Labute approximate surface area is 126 Å². The second kappa shape index (κ2) is 5.97. The number of carbonyl (C=O) groups is 1. The molecule has 2 aromatic heterocycles. The molecule has 1 N–H and O–H groups in total. The number of hydrogen-bond acceptors (Lipinski definition) is 3. The molecule has 0 spiro atoms. The molecule has 1 amide bonds. The molecule has 0 atom stereocenters. The summed E-state index contributed by atoms with van der Waals surface area (Å²) in [6, 6.07) is 3.49. The maximum absolute atomic E-state index is 11.9. The number of amides is 1. The Kier molecular flexibility index (Phi) is 4.08. The number of halogens is 1. The molecule has 0 bridgehead atoms. The summed E-state index contributed by atoms with van der Waals surface area (Å²) in [6.45, 7) is 1.31. The maximum atomic E-state index is 11.9. The van der Waals surface area contributed by atoms with Crippen molar-refractivity contribution >= 4 is 28.8 Å². The van der Waals surface area contributed by atoms with Gasteiger partial charge in [-0.3, -0.25) is 9.48 Å². The van der Waals surface area contributed by atoms with Gasteiger partial charge < -0.3 is 5.32 Å². The van der Waals surface area contributed by atoms with E-state index < -0.39 is 0 Å². The standard InChI is InChI=1S/C14H16ClN3OS/c15-13-6-5-12(20-13)14(19)16-7-8-18-11-4-2-1-3-10(11)9-17-18/h5-6,9H,1-4,7-8H2,(H,16,19). The van der Waals surface area contributed by atoms with Crippen LogP contribution in [0.3, 0.4) is 0 Å². The lowest BCUT2D eigenvalue weighted by Gasteiger charge is -2.14. The SMILES string of the molecule is O=C(NCCn1ncc2c1CCCC2)c1ccc(Cl)s1. The van der Waals surface area contributed by atoms with E-state index in [2.05, 4.69) is 10.4 Å². The van der Waals surface area contributed by atoms with Crippen LogP contribution in [-0.4, -0.2) is 22.2 Å². The highest BCUT2D eigenvalue weighted by molar-refractivity contribution is 7.17. The minimum atomic E-state index is -0.0667. The van der Waals surface area contributed by atoms with E-state index in [1.165, 1.54) is 35.4 Å². The summed E-state index contributed by atoms with van der Waals surface area (Å²) in [4.78, 5) is 12.5. The second-order valence-electron chi connectivity index (χ2n) is 4.91. The number of rotatable bonds is 4. The van der Waals surface area contributed by atoms with Gasteiger partial charge in [0.05, 0.1) is 22.0 Å². The van der Waals surface area contributed by atoms with Crippen LogP contribution in [0.4, 0.5) is 0 Å². The van der Waals surface area contributed by atoms with E-state index in [1.54, 1.807) is 12.1 Å². The van der Waals surface area contributed by atoms with Crippen molar-refractivity contribution in [3.63, 3.8) is 0 Å². The largest absolute Gasteiger partial charge is 0.349 e. The van der Waals surface area contributed by atoms with Crippen molar-refractivity contribution in [3.05, 3.63) is 38.8 Å². The number of aryl methyl sites for hydroxylation is 1. The zero-order valence-electron chi connectivity index (χ0n) is 11.1. The Balaban J connectivity index is 1.55. The quantitative estimate of drug-likeness (QED) is 0.944. The normalized spacial score (nSPS) is 14.1. The Bertz CT molecular complexity index is 620. The minimum absolute atomic E-state index is 0.0667. The van der Waals surface area contributed by atoms with Crippen LogP contribution in [0.25, 0.3) is 0 Å².